The summed E-state index contributed by atoms with van der Waals surface area (Å²) in [6.45, 7) is 1.98. The fourth-order valence-corrected chi connectivity index (χ4v) is 4.58. The Hall–Kier alpha value is -3.41. The molecule has 2 heterocycles. The van der Waals surface area contributed by atoms with Gasteiger partial charge in [-0.25, -0.2) is 4.98 Å². The van der Waals surface area contributed by atoms with Gasteiger partial charge in [-0.2, -0.15) is 0 Å². The van der Waals surface area contributed by atoms with Crippen molar-refractivity contribution >= 4 is 44.7 Å². The van der Waals surface area contributed by atoms with Crippen LogP contribution in [0.25, 0.3) is 32.1 Å². The number of nitrogens with zero attached hydrogens (tertiary/aromatic N) is 1. The van der Waals surface area contributed by atoms with Crippen molar-refractivity contribution in [2.75, 3.05) is 5.32 Å². The summed E-state index contributed by atoms with van der Waals surface area (Å²) < 4.78 is 6.91. The van der Waals surface area contributed by atoms with Gasteiger partial charge in [-0.3, -0.25) is 4.79 Å². The van der Waals surface area contributed by atoms with E-state index in [2.05, 4.69) is 11.4 Å². The first-order valence-electron chi connectivity index (χ1n) is 9.71. The van der Waals surface area contributed by atoms with Gasteiger partial charge < -0.3 is 9.73 Å². The lowest BCUT2D eigenvalue weighted by Crippen LogP contribution is -2.12. The van der Waals surface area contributed by atoms with Crippen LogP contribution in [0.15, 0.2) is 83.3 Å². The molecule has 1 amide bonds. The maximum absolute atomic E-state index is 12.8. The average Bonchev–Trinajstić information content (AvgIpc) is 3.43. The molecule has 0 aliphatic carbocycles. The van der Waals surface area contributed by atoms with Gasteiger partial charge in [-0.15, -0.1) is 11.3 Å². The fourth-order valence-electron chi connectivity index (χ4n) is 3.40. The number of thiazole rings is 1. The number of aromatic nitrogens is 1. The number of amides is 1. The van der Waals surface area contributed by atoms with Crippen molar-refractivity contribution in [1.29, 1.82) is 0 Å². The van der Waals surface area contributed by atoms with Gasteiger partial charge in [-0.05, 0) is 67.1 Å². The molecule has 1 N–H and O–H groups in total. The number of nitrogens with one attached hydrogen (secondary N) is 1. The van der Waals surface area contributed by atoms with Gasteiger partial charge in [0.25, 0.3) is 5.91 Å². The number of fused-ring (bicyclic) bond motifs is 1. The number of hydrogen-bond acceptors (Lipinski definition) is 4. The van der Waals surface area contributed by atoms with Crippen molar-refractivity contribution in [3.8, 4) is 21.9 Å². The maximum atomic E-state index is 12.8. The molecule has 5 rings (SSSR count). The smallest absolute Gasteiger partial charge is 0.291 e. The maximum Gasteiger partial charge on any atom is 0.291 e. The third-order valence-corrected chi connectivity index (χ3v) is 6.39. The summed E-state index contributed by atoms with van der Waals surface area (Å²) in [5.41, 5.74) is 4.52. The second kappa shape index (κ2) is 8.02. The predicted molar refractivity (Wildman–Crippen MR) is 127 cm³/mol. The molecule has 0 aliphatic heterocycles. The monoisotopic (exact) mass is 444 g/mol. The van der Waals surface area contributed by atoms with Crippen molar-refractivity contribution in [1.82, 2.24) is 4.98 Å². The Bertz CT molecular complexity index is 1370. The van der Waals surface area contributed by atoms with E-state index in [4.69, 9.17) is 21.0 Å². The number of furan rings is 1. The summed E-state index contributed by atoms with van der Waals surface area (Å²) in [7, 11) is 0. The molecule has 152 valence electrons. The number of carbonyl (C=O) groups excluding carboxylic acids is 1. The molecule has 0 unspecified atom stereocenters. The Morgan fingerprint density at radius 2 is 1.77 bits per heavy atom. The van der Waals surface area contributed by atoms with Crippen LogP contribution in [0.5, 0.6) is 0 Å². The lowest BCUT2D eigenvalue weighted by Gasteiger charge is -2.10. The average molecular weight is 445 g/mol. The molecule has 4 nitrogen and oxygen atoms in total. The van der Waals surface area contributed by atoms with E-state index in [0.717, 1.165) is 37.6 Å². The largest absolute Gasteiger partial charge is 0.451 e. The van der Waals surface area contributed by atoms with Gasteiger partial charge in [-0.1, -0.05) is 35.9 Å². The van der Waals surface area contributed by atoms with Gasteiger partial charge in [0, 0.05) is 21.8 Å². The zero-order valence-electron chi connectivity index (χ0n) is 16.6. The first kappa shape index (κ1) is 19.5. The minimum atomic E-state index is -0.301. The van der Waals surface area contributed by atoms with Gasteiger partial charge in [0.1, 0.15) is 10.8 Å². The minimum absolute atomic E-state index is 0.245. The van der Waals surface area contributed by atoms with Crippen molar-refractivity contribution < 1.29 is 9.21 Å². The number of benzene rings is 3. The Kier molecular flexibility index (Phi) is 5.06. The number of carbonyl (C=O) groups is 1. The number of halogens is 1. The van der Waals surface area contributed by atoms with E-state index in [9.17, 15) is 4.79 Å². The van der Waals surface area contributed by atoms with Crippen molar-refractivity contribution in [3.05, 3.63) is 95.2 Å². The molecule has 0 atom stereocenters. The molecule has 6 heteroatoms. The highest BCUT2D eigenvalue weighted by Gasteiger charge is 2.16. The molecular formula is C25H17ClN2O2S. The minimum Gasteiger partial charge on any atom is -0.451 e. The second-order valence-electron chi connectivity index (χ2n) is 7.09. The molecule has 5 aromatic rings. The fraction of sp³-hybridized carbons (Fsp3) is 0.0400. The molecule has 0 spiro atoms. The third kappa shape index (κ3) is 3.85. The van der Waals surface area contributed by atoms with Crippen LogP contribution in [0.1, 0.15) is 16.1 Å². The van der Waals surface area contributed by atoms with Crippen LogP contribution in [0, 0.1) is 6.92 Å². The van der Waals surface area contributed by atoms with Crippen molar-refractivity contribution in [2.45, 2.75) is 6.92 Å². The zero-order valence-corrected chi connectivity index (χ0v) is 18.1. The second-order valence-corrected chi connectivity index (χ2v) is 8.56. The summed E-state index contributed by atoms with van der Waals surface area (Å²) in [5, 5.41) is 4.55. The third-order valence-electron chi connectivity index (χ3n) is 5.06. The Morgan fingerprint density at radius 1 is 0.968 bits per heavy atom. The predicted octanol–water partition coefficient (Wildman–Crippen LogP) is 7.44. The summed E-state index contributed by atoms with van der Waals surface area (Å²) in [4.78, 5) is 17.6. The highest BCUT2D eigenvalue weighted by Crippen LogP contribution is 2.34. The van der Waals surface area contributed by atoms with Crippen LogP contribution >= 0.6 is 22.9 Å². The number of rotatable bonds is 4. The lowest BCUT2D eigenvalue weighted by molar-refractivity contribution is 0.0997. The van der Waals surface area contributed by atoms with E-state index < -0.39 is 0 Å². The highest BCUT2D eigenvalue weighted by molar-refractivity contribution is 7.21. The Balaban J connectivity index is 1.41. The molecule has 0 fully saturated rings. The van der Waals surface area contributed by atoms with Crippen LogP contribution in [0.3, 0.4) is 0 Å². The van der Waals surface area contributed by atoms with E-state index >= 15 is 0 Å². The summed E-state index contributed by atoms with van der Waals surface area (Å²) in [5.74, 6) is 0.557. The van der Waals surface area contributed by atoms with Crippen molar-refractivity contribution in [2.24, 2.45) is 0 Å². The van der Waals surface area contributed by atoms with E-state index in [1.165, 1.54) is 0 Å². The topological polar surface area (TPSA) is 55.1 Å². The normalized spacial score (nSPS) is 11.0. The Morgan fingerprint density at radius 3 is 2.58 bits per heavy atom. The molecule has 0 bridgehead atoms. The van der Waals surface area contributed by atoms with Gasteiger partial charge >= 0.3 is 0 Å². The molecule has 3 aromatic carbocycles. The molecule has 0 saturated carbocycles. The summed E-state index contributed by atoms with van der Waals surface area (Å²) >= 11 is 7.58. The van der Waals surface area contributed by atoms with E-state index in [1.807, 2.05) is 55.5 Å². The van der Waals surface area contributed by atoms with Crippen LogP contribution < -0.4 is 5.32 Å². The zero-order chi connectivity index (χ0) is 21.4. The quantitative estimate of drug-likeness (QED) is 0.313. The molecule has 0 saturated heterocycles. The molecule has 2 aromatic heterocycles. The standard InChI is InChI=1S/C25H17ClN2O2S/c1-15-18(25-28-20-6-2-3-8-23(20)31-25)5-4-7-19(15)27-24(29)22-14-13-21(30-22)16-9-11-17(26)12-10-16/h2-14H,1H3,(H,27,29). The number of hydrogen-bond donors (Lipinski definition) is 1. The van der Waals surface area contributed by atoms with Crippen LogP contribution in [-0.2, 0) is 0 Å². The SMILES string of the molecule is Cc1c(NC(=O)c2ccc(-c3ccc(Cl)cc3)o2)cccc1-c1nc2ccccc2s1. The van der Waals surface area contributed by atoms with E-state index in [1.54, 1.807) is 35.6 Å². The van der Waals surface area contributed by atoms with Gasteiger partial charge in [0.05, 0.1) is 10.2 Å². The van der Waals surface area contributed by atoms with E-state index in [-0.39, 0.29) is 11.7 Å². The first-order chi connectivity index (χ1) is 15.1. The summed E-state index contributed by atoms with van der Waals surface area (Å²) in [6, 6.07) is 24.6. The molecule has 0 aliphatic rings. The van der Waals surface area contributed by atoms with Crippen LogP contribution in [0.4, 0.5) is 5.69 Å². The lowest BCUT2D eigenvalue weighted by atomic mass is 10.1. The van der Waals surface area contributed by atoms with E-state index in [0.29, 0.717) is 10.8 Å². The van der Waals surface area contributed by atoms with Gasteiger partial charge in [0.15, 0.2) is 5.76 Å². The Labute approximate surface area is 188 Å². The summed E-state index contributed by atoms with van der Waals surface area (Å²) in [6.07, 6.45) is 0. The van der Waals surface area contributed by atoms with Crippen molar-refractivity contribution in [3.63, 3.8) is 0 Å². The molecule has 31 heavy (non-hydrogen) atoms. The number of anilines is 1. The highest BCUT2D eigenvalue weighted by atomic mass is 35.5. The first-order valence-corrected chi connectivity index (χ1v) is 10.9. The van der Waals surface area contributed by atoms with Crippen LogP contribution in [0.2, 0.25) is 5.02 Å². The molecule has 0 radical (unpaired) electrons. The number of para-hydroxylation sites is 1. The molecular weight excluding hydrogens is 428 g/mol. The van der Waals surface area contributed by atoms with Gasteiger partial charge in [0.2, 0.25) is 0 Å². The van der Waals surface area contributed by atoms with Crippen LogP contribution in [-0.4, -0.2) is 10.9 Å².